The lowest BCUT2D eigenvalue weighted by Crippen LogP contribution is -2.30. The highest BCUT2D eigenvalue weighted by atomic mass is 16.5. The molecule has 0 radical (unpaired) electrons. The molecule has 1 unspecified atom stereocenters. The van der Waals surface area contributed by atoms with Gasteiger partial charge in [-0.1, -0.05) is 19.4 Å². The van der Waals surface area contributed by atoms with E-state index >= 15 is 0 Å². The van der Waals surface area contributed by atoms with Gasteiger partial charge in [-0.15, -0.1) is 0 Å². The van der Waals surface area contributed by atoms with Gasteiger partial charge in [0.2, 0.25) is 0 Å². The molecule has 170 valence electrons. The Hall–Kier alpha value is -3.48. The van der Waals surface area contributed by atoms with Crippen LogP contribution >= 0.6 is 0 Å². The number of nitrogens with zero attached hydrogens (tertiary/aromatic N) is 1. The monoisotopic (exact) mass is 439 g/mol. The number of hydrogen-bond donors (Lipinski definition) is 2. The summed E-state index contributed by atoms with van der Waals surface area (Å²) in [4.78, 5) is 27.3. The SMILES string of the molecule is CCCCN1C(=O)C(=O)/C(=C(\O)c2ccc(OC(C)C)cc2)C1c1ccc(OC)c(O)c1. The van der Waals surface area contributed by atoms with Gasteiger partial charge in [-0.2, -0.15) is 0 Å². The Morgan fingerprint density at radius 1 is 1.12 bits per heavy atom. The molecule has 0 saturated carbocycles. The van der Waals surface area contributed by atoms with Crippen LogP contribution in [-0.2, 0) is 9.59 Å². The van der Waals surface area contributed by atoms with Crippen LogP contribution in [0, 0.1) is 0 Å². The van der Waals surface area contributed by atoms with Crippen LogP contribution in [0.15, 0.2) is 48.0 Å². The minimum Gasteiger partial charge on any atom is -0.507 e. The van der Waals surface area contributed by atoms with E-state index in [-0.39, 0.29) is 28.9 Å². The second-order valence-corrected chi connectivity index (χ2v) is 7.97. The summed E-state index contributed by atoms with van der Waals surface area (Å²) in [5.74, 6) is -0.877. The molecule has 2 aromatic carbocycles. The lowest BCUT2D eigenvalue weighted by Gasteiger charge is -2.25. The molecule has 0 aliphatic carbocycles. The Morgan fingerprint density at radius 3 is 2.38 bits per heavy atom. The lowest BCUT2D eigenvalue weighted by atomic mass is 9.95. The van der Waals surface area contributed by atoms with E-state index in [0.717, 1.165) is 6.42 Å². The fraction of sp³-hybridized carbons (Fsp3) is 0.360. The number of aliphatic hydroxyl groups excluding tert-OH is 1. The fourth-order valence-electron chi connectivity index (χ4n) is 3.78. The average Bonchev–Trinajstić information content (AvgIpc) is 3.02. The third-order valence-electron chi connectivity index (χ3n) is 5.31. The molecule has 0 aromatic heterocycles. The van der Waals surface area contributed by atoms with Crippen molar-refractivity contribution >= 4 is 17.4 Å². The summed E-state index contributed by atoms with van der Waals surface area (Å²) in [5.41, 5.74) is 0.908. The van der Waals surface area contributed by atoms with Crippen LogP contribution in [0.3, 0.4) is 0 Å². The largest absolute Gasteiger partial charge is 0.507 e. The number of benzene rings is 2. The Morgan fingerprint density at radius 2 is 1.81 bits per heavy atom. The second-order valence-electron chi connectivity index (χ2n) is 7.97. The van der Waals surface area contributed by atoms with E-state index in [2.05, 4.69) is 0 Å². The molecule has 32 heavy (non-hydrogen) atoms. The molecule has 2 N–H and O–H groups in total. The summed E-state index contributed by atoms with van der Waals surface area (Å²) < 4.78 is 10.7. The van der Waals surface area contributed by atoms with Crippen molar-refractivity contribution in [3.8, 4) is 17.2 Å². The minimum atomic E-state index is -0.815. The van der Waals surface area contributed by atoms with E-state index in [9.17, 15) is 19.8 Å². The average molecular weight is 440 g/mol. The first-order valence-electron chi connectivity index (χ1n) is 10.7. The molecular weight excluding hydrogens is 410 g/mol. The zero-order valence-corrected chi connectivity index (χ0v) is 18.8. The zero-order valence-electron chi connectivity index (χ0n) is 18.8. The highest BCUT2D eigenvalue weighted by Crippen LogP contribution is 2.41. The highest BCUT2D eigenvalue weighted by Gasteiger charge is 2.45. The first-order valence-corrected chi connectivity index (χ1v) is 10.7. The van der Waals surface area contributed by atoms with E-state index in [0.29, 0.717) is 29.8 Å². The first-order chi connectivity index (χ1) is 15.3. The van der Waals surface area contributed by atoms with Crippen molar-refractivity contribution in [1.29, 1.82) is 0 Å². The number of ether oxygens (including phenoxy) is 2. The third-order valence-corrected chi connectivity index (χ3v) is 5.31. The first kappa shape index (κ1) is 23.2. The van der Waals surface area contributed by atoms with E-state index in [4.69, 9.17) is 9.47 Å². The molecule has 1 aliphatic rings. The number of methoxy groups -OCH3 is 1. The van der Waals surface area contributed by atoms with Gasteiger partial charge in [0.15, 0.2) is 11.5 Å². The van der Waals surface area contributed by atoms with Crippen LogP contribution in [0.1, 0.15) is 50.8 Å². The van der Waals surface area contributed by atoms with Crippen molar-refractivity contribution in [2.75, 3.05) is 13.7 Å². The molecule has 2 aromatic rings. The number of hydrogen-bond acceptors (Lipinski definition) is 6. The van der Waals surface area contributed by atoms with Crippen LogP contribution in [-0.4, -0.2) is 46.6 Å². The van der Waals surface area contributed by atoms with Crippen molar-refractivity contribution in [3.05, 3.63) is 59.2 Å². The van der Waals surface area contributed by atoms with Crippen LogP contribution in [0.5, 0.6) is 17.2 Å². The van der Waals surface area contributed by atoms with Gasteiger partial charge in [-0.25, -0.2) is 0 Å². The number of carbonyl (C=O) groups is 2. The van der Waals surface area contributed by atoms with E-state index in [1.807, 2.05) is 20.8 Å². The molecule has 7 nitrogen and oxygen atoms in total. The van der Waals surface area contributed by atoms with Crippen molar-refractivity contribution in [2.24, 2.45) is 0 Å². The maximum absolute atomic E-state index is 13.0. The van der Waals surface area contributed by atoms with Crippen LogP contribution in [0.25, 0.3) is 5.76 Å². The molecule has 1 amide bonds. The van der Waals surface area contributed by atoms with Gasteiger partial charge in [0.1, 0.15) is 11.5 Å². The number of ketones is 1. The maximum Gasteiger partial charge on any atom is 0.295 e. The van der Waals surface area contributed by atoms with Crippen molar-refractivity contribution < 1.29 is 29.3 Å². The highest BCUT2D eigenvalue weighted by molar-refractivity contribution is 6.46. The molecule has 1 fully saturated rings. The van der Waals surface area contributed by atoms with Crippen molar-refractivity contribution in [2.45, 2.75) is 45.8 Å². The molecule has 1 heterocycles. The maximum atomic E-state index is 13.0. The van der Waals surface area contributed by atoms with Gasteiger partial charge in [-0.05, 0) is 62.2 Å². The summed E-state index contributed by atoms with van der Waals surface area (Å²) in [6, 6.07) is 10.6. The molecule has 1 saturated heterocycles. The number of likely N-dealkylation sites (tertiary alicyclic amines) is 1. The number of phenolic OH excluding ortho intramolecular Hbond substituents is 1. The molecule has 0 spiro atoms. The normalized spacial score (nSPS) is 17.8. The number of aliphatic hydroxyl groups is 1. The minimum absolute atomic E-state index is 0.00101. The van der Waals surface area contributed by atoms with Crippen LogP contribution < -0.4 is 9.47 Å². The van der Waals surface area contributed by atoms with Gasteiger partial charge in [0.25, 0.3) is 11.7 Å². The van der Waals surface area contributed by atoms with E-state index in [1.165, 1.54) is 18.1 Å². The topological polar surface area (TPSA) is 96.3 Å². The van der Waals surface area contributed by atoms with Crippen molar-refractivity contribution in [3.63, 3.8) is 0 Å². The van der Waals surface area contributed by atoms with Gasteiger partial charge in [0.05, 0.1) is 24.8 Å². The van der Waals surface area contributed by atoms with Gasteiger partial charge >= 0.3 is 0 Å². The molecular formula is C25H29NO6. The van der Waals surface area contributed by atoms with Crippen LogP contribution in [0.2, 0.25) is 0 Å². The Bertz CT molecular complexity index is 1030. The van der Waals surface area contributed by atoms with E-state index in [1.54, 1.807) is 36.4 Å². The smallest absolute Gasteiger partial charge is 0.295 e. The lowest BCUT2D eigenvalue weighted by molar-refractivity contribution is -0.139. The second kappa shape index (κ2) is 9.77. The predicted octanol–water partition coefficient (Wildman–Crippen LogP) is 4.41. The number of aromatic hydroxyl groups is 1. The zero-order chi connectivity index (χ0) is 23.4. The number of Topliss-reactive ketones (excluding diaryl/α,β-unsaturated/α-hetero) is 1. The molecule has 1 atom stereocenters. The Balaban J connectivity index is 2.10. The van der Waals surface area contributed by atoms with Gasteiger partial charge < -0.3 is 24.6 Å². The molecule has 3 rings (SSSR count). The molecule has 7 heteroatoms. The summed E-state index contributed by atoms with van der Waals surface area (Å²) in [7, 11) is 1.44. The van der Waals surface area contributed by atoms with E-state index < -0.39 is 17.7 Å². The van der Waals surface area contributed by atoms with Crippen LogP contribution in [0.4, 0.5) is 0 Å². The number of phenols is 1. The number of unbranched alkanes of at least 4 members (excludes halogenated alkanes) is 1. The number of rotatable bonds is 8. The third kappa shape index (κ3) is 4.56. The molecule has 0 bridgehead atoms. The number of amides is 1. The summed E-state index contributed by atoms with van der Waals surface area (Å²) in [5, 5.41) is 21.4. The Kier molecular flexibility index (Phi) is 7.08. The van der Waals surface area contributed by atoms with Gasteiger partial charge in [-0.3, -0.25) is 9.59 Å². The fourth-order valence-corrected chi connectivity index (χ4v) is 3.78. The predicted molar refractivity (Wildman–Crippen MR) is 121 cm³/mol. The quantitative estimate of drug-likeness (QED) is 0.359. The summed E-state index contributed by atoms with van der Waals surface area (Å²) >= 11 is 0. The number of carbonyl (C=O) groups excluding carboxylic acids is 2. The molecule has 1 aliphatic heterocycles. The Labute approximate surface area is 187 Å². The van der Waals surface area contributed by atoms with Gasteiger partial charge in [0, 0.05) is 12.1 Å². The van der Waals surface area contributed by atoms with Crippen molar-refractivity contribution in [1.82, 2.24) is 4.90 Å². The standard InChI is InChI=1S/C25H29NO6/c1-5-6-13-26-22(17-9-12-20(31-4)19(27)14-17)21(24(29)25(26)30)23(28)16-7-10-18(11-8-16)32-15(2)3/h7-12,14-15,22,27-28H,5-6,13H2,1-4H3/b23-21-. The summed E-state index contributed by atoms with van der Waals surface area (Å²) in [6.07, 6.45) is 1.54. The summed E-state index contributed by atoms with van der Waals surface area (Å²) in [6.45, 7) is 6.17.